The molecule has 0 rings (SSSR count). The largest absolute Gasteiger partial charge is 0.0861 e. The third kappa shape index (κ3) is 22.7. The van der Waals surface area contributed by atoms with E-state index in [0.29, 0.717) is 0 Å². The zero-order valence-electron chi connectivity index (χ0n) is 7.32. The average molecular weight is 368 g/mol. The summed E-state index contributed by atoms with van der Waals surface area (Å²) >= 11 is 4.75. The summed E-state index contributed by atoms with van der Waals surface area (Å²) < 4.78 is 2.55. The molecule has 0 aromatic carbocycles. The number of rotatable bonds is 2. The fourth-order valence-corrected chi connectivity index (χ4v) is 0. The molecule has 0 spiro atoms. The minimum Gasteiger partial charge on any atom is -0.0861 e. The summed E-state index contributed by atoms with van der Waals surface area (Å²) in [6.45, 7) is 8.86. The Balaban J connectivity index is 0. The summed E-state index contributed by atoms with van der Waals surface area (Å²) in [5.74, 6) is 1.74. The Hall–Kier alpha value is 1.46. The molecule has 0 N–H and O–H groups in total. The molecule has 2 heteroatoms. The fourth-order valence-electron chi connectivity index (χ4n) is 0. The first-order valence-electron chi connectivity index (χ1n) is 3.66. The normalized spacial score (nSPS) is 9.60. The summed E-state index contributed by atoms with van der Waals surface area (Å²) in [5.41, 5.74) is 0. The van der Waals surface area contributed by atoms with Gasteiger partial charge in [0.2, 0.25) is 0 Å². The van der Waals surface area contributed by atoms with E-state index in [2.05, 4.69) is 72.9 Å². The van der Waals surface area contributed by atoms with Crippen LogP contribution in [-0.2, 0) is 0 Å². The number of hydrogen-bond acceptors (Lipinski definition) is 0. The molecule has 0 unspecified atom stereocenters. The fraction of sp³-hybridized carbons (Fsp3) is 1.00. The molecule has 0 aliphatic heterocycles. The lowest BCUT2D eigenvalue weighted by Gasteiger charge is -1.88. The minimum absolute atomic E-state index is 0.871. The first-order chi connectivity index (χ1) is 4.54. The monoisotopic (exact) mass is 368 g/mol. The van der Waals surface area contributed by atoms with Crippen molar-refractivity contribution >= 4 is 45.2 Å². The van der Waals surface area contributed by atoms with Gasteiger partial charge in [-0.15, -0.1) is 0 Å². The Morgan fingerprint density at radius 1 is 0.800 bits per heavy atom. The minimum atomic E-state index is 0.871. The predicted molar refractivity (Wildman–Crippen MR) is 67.5 cm³/mol. The molecule has 0 atom stereocenters. The average Bonchev–Trinajstić information content (AvgIpc) is 1.89. The Morgan fingerprint density at radius 2 is 0.900 bits per heavy atom. The van der Waals surface area contributed by atoms with Crippen LogP contribution >= 0.6 is 45.2 Å². The second-order valence-electron chi connectivity index (χ2n) is 3.10. The van der Waals surface area contributed by atoms with Crippen molar-refractivity contribution < 1.29 is 0 Å². The molecule has 0 nitrogen and oxygen atoms in total. The van der Waals surface area contributed by atoms with E-state index in [1.807, 2.05) is 0 Å². The topological polar surface area (TPSA) is 0 Å². The van der Waals surface area contributed by atoms with E-state index < -0.39 is 0 Å². The third-order valence-corrected chi connectivity index (χ3v) is 4.14. The molecule has 0 aliphatic rings. The first kappa shape index (κ1) is 14.0. The number of halogens is 2. The van der Waals surface area contributed by atoms with Crippen LogP contribution in [0, 0.1) is 11.8 Å². The molecule has 0 aromatic heterocycles. The van der Waals surface area contributed by atoms with Gasteiger partial charge in [-0.25, -0.2) is 0 Å². The Kier molecular flexibility index (Phi) is 14.7. The molecule has 64 valence electrons. The van der Waals surface area contributed by atoms with Gasteiger partial charge in [-0.3, -0.25) is 0 Å². The van der Waals surface area contributed by atoms with Crippen LogP contribution in [0.5, 0.6) is 0 Å². The highest BCUT2D eigenvalue weighted by atomic mass is 127. The first-order valence-corrected chi connectivity index (χ1v) is 6.71. The SMILES string of the molecule is CC(C)CI.CC(C)CI. The van der Waals surface area contributed by atoms with E-state index in [-0.39, 0.29) is 0 Å². The van der Waals surface area contributed by atoms with Gasteiger partial charge in [0.15, 0.2) is 0 Å². The van der Waals surface area contributed by atoms with Crippen LogP contribution in [-0.4, -0.2) is 8.86 Å². The molecule has 0 bridgehead atoms. The lowest BCUT2D eigenvalue weighted by Crippen LogP contribution is -1.82. The van der Waals surface area contributed by atoms with Crippen molar-refractivity contribution in [1.29, 1.82) is 0 Å². The van der Waals surface area contributed by atoms with E-state index in [9.17, 15) is 0 Å². The van der Waals surface area contributed by atoms with Crippen molar-refractivity contribution in [1.82, 2.24) is 0 Å². The zero-order chi connectivity index (χ0) is 8.57. The van der Waals surface area contributed by atoms with Crippen molar-refractivity contribution in [2.75, 3.05) is 8.86 Å². The van der Waals surface area contributed by atoms with Gasteiger partial charge in [-0.1, -0.05) is 72.9 Å². The maximum Gasteiger partial charge on any atom is 0.00184 e. The molecule has 0 saturated heterocycles. The number of alkyl halides is 2. The lowest BCUT2D eigenvalue weighted by molar-refractivity contribution is 0.763. The van der Waals surface area contributed by atoms with E-state index in [1.165, 1.54) is 8.86 Å². The van der Waals surface area contributed by atoms with Crippen LogP contribution in [0.15, 0.2) is 0 Å². The van der Waals surface area contributed by atoms with Gasteiger partial charge in [-0.2, -0.15) is 0 Å². The van der Waals surface area contributed by atoms with Gasteiger partial charge in [0.25, 0.3) is 0 Å². The van der Waals surface area contributed by atoms with Gasteiger partial charge in [0.05, 0.1) is 0 Å². The second-order valence-corrected chi connectivity index (χ2v) is 4.86. The van der Waals surface area contributed by atoms with E-state index >= 15 is 0 Å². The standard InChI is InChI=1S/2C4H9I/c2*1-4(2)3-5/h2*4H,3H2,1-2H3. The molecular weight excluding hydrogens is 350 g/mol. The molecule has 0 aromatic rings. The molecule has 10 heavy (non-hydrogen) atoms. The van der Waals surface area contributed by atoms with Crippen LogP contribution in [0.4, 0.5) is 0 Å². The van der Waals surface area contributed by atoms with E-state index in [0.717, 1.165) is 11.8 Å². The quantitative estimate of drug-likeness (QED) is 0.508. The molecule has 0 aliphatic carbocycles. The molecule has 0 radical (unpaired) electrons. The van der Waals surface area contributed by atoms with Gasteiger partial charge < -0.3 is 0 Å². The summed E-state index contributed by atoms with van der Waals surface area (Å²) in [4.78, 5) is 0. The summed E-state index contributed by atoms with van der Waals surface area (Å²) in [6.07, 6.45) is 0. The Labute approximate surface area is 92.8 Å². The van der Waals surface area contributed by atoms with Crippen molar-refractivity contribution in [3.8, 4) is 0 Å². The molecular formula is C8H18I2. The summed E-state index contributed by atoms with van der Waals surface area (Å²) in [7, 11) is 0. The zero-order valence-corrected chi connectivity index (χ0v) is 11.6. The highest BCUT2D eigenvalue weighted by Gasteiger charge is 1.82. The number of hydrogen-bond donors (Lipinski definition) is 0. The van der Waals surface area contributed by atoms with Gasteiger partial charge in [-0.05, 0) is 11.8 Å². The summed E-state index contributed by atoms with van der Waals surface area (Å²) in [5, 5.41) is 0. The van der Waals surface area contributed by atoms with Gasteiger partial charge >= 0.3 is 0 Å². The van der Waals surface area contributed by atoms with Crippen molar-refractivity contribution in [3.05, 3.63) is 0 Å². The lowest BCUT2D eigenvalue weighted by atomic mass is 10.3. The highest BCUT2D eigenvalue weighted by molar-refractivity contribution is 14.1. The van der Waals surface area contributed by atoms with Crippen LogP contribution in [0.25, 0.3) is 0 Å². The van der Waals surface area contributed by atoms with Gasteiger partial charge in [0, 0.05) is 8.86 Å². The third-order valence-electron chi connectivity index (χ3n) is 0.617. The van der Waals surface area contributed by atoms with Crippen molar-refractivity contribution in [2.45, 2.75) is 27.7 Å². The predicted octanol–water partition coefficient (Wildman–Crippen LogP) is 4.15. The Bertz CT molecular complexity index is 43.2. The van der Waals surface area contributed by atoms with Crippen molar-refractivity contribution in [2.24, 2.45) is 11.8 Å². The molecule has 0 heterocycles. The van der Waals surface area contributed by atoms with Crippen LogP contribution in [0.2, 0.25) is 0 Å². The van der Waals surface area contributed by atoms with Crippen LogP contribution in [0.1, 0.15) is 27.7 Å². The maximum atomic E-state index is 2.38. The maximum absolute atomic E-state index is 2.38. The van der Waals surface area contributed by atoms with Crippen molar-refractivity contribution in [3.63, 3.8) is 0 Å². The van der Waals surface area contributed by atoms with E-state index in [4.69, 9.17) is 0 Å². The molecule has 0 amide bonds. The smallest absolute Gasteiger partial charge is 0.00184 e. The van der Waals surface area contributed by atoms with Crippen LogP contribution in [0.3, 0.4) is 0 Å². The second kappa shape index (κ2) is 10.5. The Morgan fingerprint density at radius 3 is 0.900 bits per heavy atom. The van der Waals surface area contributed by atoms with Crippen LogP contribution < -0.4 is 0 Å². The van der Waals surface area contributed by atoms with E-state index in [1.54, 1.807) is 0 Å². The highest BCUT2D eigenvalue weighted by Crippen LogP contribution is 1.95. The summed E-state index contributed by atoms with van der Waals surface area (Å²) in [6, 6.07) is 0. The molecule has 0 fully saturated rings. The van der Waals surface area contributed by atoms with Gasteiger partial charge in [0.1, 0.15) is 0 Å². The molecule has 0 saturated carbocycles.